The topological polar surface area (TPSA) is 91.6 Å². The first-order valence-electron chi connectivity index (χ1n) is 5.56. The molecule has 0 fully saturated rings. The Balaban J connectivity index is 2.00. The van der Waals surface area contributed by atoms with E-state index in [2.05, 4.69) is 5.32 Å². The number of carboxylic acid groups (broad SMARTS) is 1. The zero-order valence-electron chi connectivity index (χ0n) is 9.92. The molecule has 1 aromatic heterocycles. The van der Waals surface area contributed by atoms with Crippen molar-refractivity contribution in [1.82, 2.24) is 5.32 Å². The Bertz CT molecular complexity index is 577. The molecule has 0 unspecified atom stereocenters. The fourth-order valence-corrected chi connectivity index (χ4v) is 1.56. The summed E-state index contributed by atoms with van der Waals surface area (Å²) in [4.78, 5) is 22.4. The van der Waals surface area contributed by atoms with Gasteiger partial charge in [0, 0.05) is 6.54 Å². The van der Waals surface area contributed by atoms with Crippen molar-refractivity contribution in [3.63, 3.8) is 0 Å². The van der Waals surface area contributed by atoms with Gasteiger partial charge in [0.05, 0.1) is 6.26 Å². The van der Waals surface area contributed by atoms with Gasteiger partial charge in [-0.05, 0) is 11.6 Å². The molecule has 0 aliphatic carbocycles. The third-order valence-electron chi connectivity index (χ3n) is 2.43. The van der Waals surface area contributed by atoms with Crippen LogP contribution in [0.2, 0.25) is 0 Å². The number of nitrogens with one attached hydrogen (secondary N) is 2. The van der Waals surface area contributed by atoms with Crippen LogP contribution >= 0.6 is 0 Å². The molecule has 1 aromatic carbocycles. The predicted octanol–water partition coefficient (Wildman–Crippen LogP) is 2.30. The normalized spacial score (nSPS) is 9.89. The second kappa shape index (κ2) is 5.72. The maximum Gasteiger partial charge on any atom is 0.411 e. The molecule has 0 bridgehead atoms. The molecule has 98 valence electrons. The van der Waals surface area contributed by atoms with Gasteiger partial charge in [-0.1, -0.05) is 30.3 Å². The van der Waals surface area contributed by atoms with Gasteiger partial charge in [0.15, 0.2) is 0 Å². The lowest BCUT2D eigenvalue weighted by molar-refractivity contribution is 0.0951. The Morgan fingerprint density at radius 2 is 1.89 bits per heavy atom. The summed E-state index contributed by atoms with van der Waals surface area (Å²) in [5, 5.41) is 13.3. The van der Waals surface area contributed by atoms with Gasteiger partial charge in [-0.15, -0.1) is 0 Å². The molecule has 0 spiro atoms. The van der Waals surface area contributed by atoms with E-state index < -0.39 is 12.0 Å². The van der Waals surface area contributed by atoms with Gasteiger partial charge in [-0.3, -0.25) is 10.1 Å². The molecule has 0 aliphatic heterocycles. The van der Waals surface area contributed by atoms with Crippen LogP contribution in [0, 0.1) is 0 Å². The standard InChI is InChI=1S/C13H12N2O4/c16-11(14-8-9-4-2-1-3-5-9)10-6-7-19-12(10)15-13(17)18/h1-7,15H,8H2,(H,14,16)(H,17,18). The molecule has 1 heterocycles. The maximum absolute atomic E-state index is 11.9. The average molecular weight is 260 g/mol. The fourth-order valence-electron chi connectivity index (χ4n) is 1.56. The molecule has 19 heavy (non-hydrogen) atoms. The van der Waals surface area contributed by atoms with E-state index in [9.17, 15) is 9.59 Å². The first-order valence-corrected chi connectivity index (χ1v) is 5.56. The minimum absolute atomic E-state index is 0.0851. The Labute approximate surface area is 109 Å². The van der Waals surface area contributed by atoms with Gasteiger partial charge in [0.25, 0.3) is 5.91 Å². The van der Waals surface area contributed by atoms with Crippen molar-refractivity contribution in [3.05, 3.63) is 53.8 Å². The molecule has 0 saturated carbocycles. The van der Waals surface area contributed by atoms with E-state index in [1.54, 1.807) is 0 Å². The average Bonchev–Trinajstić information content (AvgIpc) is 2.84. The van der Waals surface area contributed by atoms with Crippen molar-refractivity contribution in [2.45, 2.75) is 6.54 Å². The van der Waals surface area contributed by atoms with Crippen LogP contribution in [0.25, 0.3) is 0 Å². The first kappa shape index (κ1) is 12.7. The minimum atomic E-state index is -1.29. The van der Waals surface area contributed by atoms with Crippen LogP contribution in [-0.2, 0) is 6.54 Å². The van der Waals surface area contributed by atoms with Crippen molar-refractivity contribution in [1.29, 1.82) is 0 Å². The van der Waals surface area contributed by atoms with Crippen molar-refractivity contribution < 1.29 is 19.1 Å². The van der Waals surface area contributed by atoms with Crippen LogP contribution in [0.3, 0.4) is 0 Å². The van der Waals surface area contributed by atoms with Crippen LogP contribution in [0.1, 0.15) is 15.9 Å². The van der Waals surface area contributed by atoms with E-state index in [0.29, 0.717) is 6.54 Å². The second-order valence-corrected chi connectivity index (χ2v) is 3.76. The summed E-state index contributed by atoms with van der Waals surface area (Å²) in [5.74, 6) is -0.487. The second-order valence-electron chi connectivity index (χ2n) is 3.76. The maximum atomic E-state index is 11.9. The summed E-state index contributed by atoms with van der Waals surface area (Å²) in [6, 6.07) is 10.8. The lowest BCUT2D eigenvalue weighted by Crippen LogP contribution is -2.23. The number of rotatable bonds is 4. The van der Waals surface area contributed by atoms with Gasteiger partial charge in [0.2, 0.25) is 5.88 Å². The molecule has 6 nitrogen and oxygen atoms in total. The van der Waals surface area contributed by atoms with Gasteiger partial charge in [-0.25, -0.2) is 4.79 Å². The molecular weight excluding hydrogens is 248 g/mol. The Hall–Kier alpha value is -2.76. The summed E-state index contributed by atoms with van der Waals surface area (Å²) < 4.78 is 4.90. The number of hydrogen-bond donors (Lipinski definition) is 3. The Morgan fingerprint density at radius 3 is 2.58 bits per heavy atom. The SMILES string of the molecule is O=C(O)Nc1occc1C(=O)NCc1ccccc1. The zero-order valence-corrected chi connectivity index (χ0v) is 9.92. The van der Waals surface area contributed by atoms with Gasteiger partial charge in [-0.2, -0.15) is 0 Å². The van der Waals surface area contributed by atoms with Crippen LogP contribution in [0.15, 0.2) is 47.1 Å². The highest BCUT2D eigenvalue weighted by molar-refractivity contribution is 6.00. The van der Waals surface area contributed by atoms with Gasteiger partial charge in [0.1, 0.15) is 5.56 Å². The molecule has 6 heteroatoms. The van der Waals surface area contributed by atoms with Gasteiger partial charge >= 0.3 is 6.09 Å². The Morgan fingerprint density at radius 1 is 1.16 bits per heavy atom. The van der Waals surface area contributed by atoms with Crippen LogP contribution < -0.4 is 10.6 Å². The molecule has 3 N–H and O–H groups in total. The number of carbonyl (C=O) groups excluding carboxylic acids is 1. The van der Waals surface area contributed by atoms with E-state index in [0.717, 1.165) is 5.56 Å². The summed E-state index contributed by atoms with van der Waals surface area (Å²) in [6.45, 7) is 0.358. The van der Waals surface area contributed by atoms with Gasteiger partial charge < -0.3 is 14.8 Å². The summed E-state index contributed by atoms with van der Waals surface area (Å²) in [5.41, 5.74) is 1.10. The highest BCUT2D eigenvalue weighted by atomic mass is 16.4. The highest BCUT2D eigenvalue weighted by Gasteiger charge is 2.15. The lowest BCUT2D eigenvalue weighted by Gasteiger charge is -2.05. The Kier molecular flexibility index (Phi) is 3.82. The van der Waals surface area contributed by atoms with Crippen molar-refractivity contribution in [2.75, 3.05) is 5.32 Å². The third-order valence-corrected chi connectivity index (χ3v) is 2.43. The summed E-state index contributed by atoms with van der Waals surface area (Å²) >= 11 is 0. The van der Waals surface area contributed by atoms with Crippen LogP contribution in [0.4, 0.5) is 10.7 Å². The third kappa shape index (κ3) is 3.35. The quantitative estimate of drug-likeness (QED) is 0.786. The molecule has 2 rings (SSSR count). The smallest absolute Gasteiger partial charge is 0.411 e. The molecule has 2 aromatic rings. The van der Waals surface area contributed by atoms with Crippen molar-refractivity contribution >= 4 is 17.9 Å². The largest absolute Gasteiger partial charge is 0.465 e. The number of benzene rings is 1. The molecule has 2 amide bonds. The molecular formula is C13H12N2O4. The lowest BCUT2D eigenvalue weighted by atomic mass is 10.2. The molecule has 0 aliphatic rings. The number of amides is 2. The summed E-state index contributed by atoms with van der Waals surface area (Å²) in [6.07, 6.45) is -0.0324. The van der Waals surface area contributed by atoms with E-state index in [1.165, 1.54) is 12.3 Å². The zero-order chi connectivity index (χ0) is 13.7. The molecule has 0 radical (unpaired) electrons. The van der Waals surface area contributed by atoms with Crippen molar-refractivity contribution in [2.24, 2.45) is 0 Å². The first-order chi connectivity index (χ1) is 9.16. The van der Waals surface area contributed by atoms with E-state index >= 15 is 0 Å². The van der Waals surface area contributed by atoms with Crippen molar-refractivity contribution in [3.8, 4) is 0 Å². The number of carbonyl (C=O) groups is 2. The number of anilines is 1. The monoisotopic (exact) mass is 260 g/mol. The van der Waals surface area contributed by atoms with E-state index in [4.69, 9.17) is 9.52 Å². The van der Waals surface area contributed by atoms with Crippen LogP contribution in [0.5, 0.6) is 0 Å². The highest BCUT2D eigenvalue weighted by Crippen LogP contribution is 2.16. The molecule has 0 atom stereocenters. The number of hydrogen-bond acceptors (Lipinski definition) is 3. The predicted molar refractivity (Wildman–Crippen MR) is 68.0 cm³/mol. The van der Waals surface area contributed by atoms with E-state index in [-0.39, 0.29) is 11.4 Å². The molecule has 0 saturated heterocycles. The minimum Gasteiger partial charge on any atom is -0.465 e. The fraction of sp³-hybridized carbons (Fsp3) is 0.0769. The van der Waals surface area contributed by atoms with E-state index in [1.807, 2.05) is 35.6 Å². The van der Waals surface area contributed by atoms with Crippen LogP contribution in [-0.4, -0.2) is 17.1 Å². The summed E-state index contributed by atoms with van der Waals surface area (Å²) in [7, 11) is 0. The number of furan rings is 1.